The first-order chi connectivity index (χ1) is 7.69. The van der Waals surface area contributed by atoms with Crippen molar-refractivity contribution >= 4 is 19.1 Å². The lowest BCUT2D eigenvalue weighted by Gasteiger charge is -2.05. The largest absolute Gasteiger partial charge is 0.483 e. The molecule has 8 heteroatoms. The van der Waals surface area contributed by atoms with Gasteiger partial charge in [0.2, 0.25) is 0 Å². The second-order valence-corrected chi connectivity index (χ2v) is 5.97. The summed E-state index contributed by atoms with van der Waals surface area (Å²) < 4.78 is 28.5. The molecule has 0 saturated heterocycles. The zero-order chi connectivity index (χ0) is 13.4. The third-order valence-electron chi connectivity index (χ3n) is 1.15. The van der Waals surface area contributed by atoms with Crippen molar-refractivity contribution < 1.29 is 26.6 Å². The summed E-state index contributed by atoms with van der Waals surface area (Å²) in [6.07, 6.45) is 0. The van der Waals surface area contributed by atoms with Crippen LogP contribution in [-0.2, 0) is 26.6 Å². The zero-order valence-electron chi connectivity index (χ0n) is 11.0. The predicted molar refractivity (Wildman–Crippen MR) is 67.6 cm³/mol. The van der Waals surface area contributed by atoms with Gasteiger partial charge in [0.25, 0.3) is 0 Å². The van der Waals surface area contributed by atoms with E-state index in [4.69, 9.17) is 26.6 Å². The molecule has 16 heavy (non-hydrogen) atoms. The van der Waals surface area contributed by atoms with Crippen LogP contribution >= 0.6 is 0 Å². The molecule has 0 aromatic rings. The Morgan fingerprint density at radius 2 is 0.625 bits per heavy atom. The molecule has 0 bridgehead atoms. The van der Waals surface area contributed by atoms with Crippen LogP contribution in [0, 0.1) is 0 Å². The molecule has 0 amide bonds. The summed E-state index contributed by atoms with van der Waals surface area (Å²) >= 11 is 0. The van der Waals surface area contributed by atoms with Gasteiger partial charge in [-0.25, -0.2) is 0 Å². The topological polar surface area (TPSA) is 55.4 Å². The molecule has 0 aliphatic carbocycles. The van der Waals surface area contributed by atoms with E-state index in [1.165, 1.54) is 0 Å². The first-order valence-corrected chi connectivity index (χ1v) is 7.19. The molecule has 100 valence electrons. The molecule has 0 aromatic heterocycles. The summed E-state index contributed by atoms with van der Waals surface area (Å²) in [5, 5.41) is 0. The van der Waals surface area contributed by atoms with Gasteiger partial charge in [-0.15, -0.1) is 13.2 Å². The highest BCUT2D eigenvalue weighted by molar-refractivity contribution is 6.36. The maximum atomic E-state index is 4.74. The van der Waals surface area contributed by atoms with Gasteiger partial charge in [-0.1, -0.05) is 0 Å². The lowest BCUT2D eigenvalue weighted by molar-refractivity contribution is 0.163. The van der Waals surface area contributed by atoms with E-state index >= 15 is 0 Å². The van der Waals surface area contributed by atoms with Crippen LogP contribution in [0.4, 0.5) is 0 Å². The molecule has 0 aliphatic rings. The summed E-state index contributed by atoms with van der Waals surface area (Å²) in [5.41, 5.74) is 0. The number of hydrogen-bond donors (Lipinski definition) is 0. The summed E-state index contributed by atoms with van der Waals surface area (Å²) in [6.45, 7) is 6.00. The highest BCUT2D eigenvalue weighted by Gasteiger charge is 2.05. The highest BCUT2D eigenvalue weighted by atomic mass is 28.3. The van der Waals surface area contributed by atoms with Gasteiger partial charge >= 0.3 is 19.1 Å². The standard InChI is InChI=1S/2C3H10O3Si.C2H4/c2*1-4-7(5-2)6-3;1-2/h2*7H,1-3H3;1-2H2. The second kappa shape index (κ2) is 20.4. The Morgan fingerprint density at radius 3 is 0.625 bits per heavy atom. The van der Waals surface area contributed by atoms with Gasteiger partial charge in [0.1, 0.15) is 0 Å². The van der Waals surface area contributed by atoms with Crippen molar-refractivity contribution in [3.63, 3.8) is 0 Å². The van der Waals surface area contributed by atoms with Gasteiger partial charge in [-0.2, -0.15) is 0 Å². The van der Waals surface area contributed by atoms with Gasteiger partial charge in [0.15, 0.2) is 0 Å². The second-order valence-electron chi connectivity index (χ2n) is 1.99. The molecule has 0 fully saturated rings. The molecule has 0 aromatic carbocycles. The van der Waals surface area contributed by atoms with E-state index < -0.39 is 19.1 Å². The molecule has 0 saturated carbocycles. The fourth-order valence-corrected chi connectivity index (χ4v) is 1.73. The van der Waals surface area contributed by atoms with E-state index in [-0.39, 0.29) is 0 Å². The molecule has 6 nitrogen and oxygen atoms in total. The zero-order valence-corrected chi connectivity index (χ0v) is 13.3. The van der Waals surface area contributed by atoms with Crippen molar-refractivity contribution in [1.82, 2.24) is 0 Å². The minimum Gasteiger partial charge on any atom is -0.379 e. The average Bonchev–Trinajstić information content (AvgIpc) is 2.37. The van der Waals surface area contributed by atoms with E-state index in [1.807, 2.05) is 0 Å². The van der Waals surface area contributed by atoms with Crippen molar-refractivity contribution in [1.29, 1.82) is 0 Å². The lowest BCUT2D eigenvalue weighted by atomic mass is 11.3. The quantitative estimate of drug-likeness (QED) is 0.504. The van der Waals surface area contributed by atoms with Crippen LogP contribution in [0.3, 0.4) is 0 Å². The molecule has 0 spiro atoms. The lowest BCUT2D eigenvalue weighted by Crippen LogP contribution is -2.21. The first-order valence-electron chi connectivity index (χ1n) is 4.36. The molecule has 0 atom stereocenters. The number of rotatable bonds is 6. The summed E-state index contributed by atoms with van der Waals surface area (Å²) in [5.74, 6) is 0. The Balaban J connectivity index is -0.000000183. The van der Waals surface area contributed by atoms with E-state index in [2.05, 4.69) is 13.2 Å². The monoisotopic (exact) mass is 272 g/mol. The van der Waals surface area contributed by atoms with Gasteiger partial charge in [-0.3, -0.25) is 0 Å². The van der Waals surface area contributed by atoms with Crippen LogP contribution in [0.15, 0.2) is 13.2 Å². The summed E-state index contributed by atoms with van der Waals surface area (Å²) in [4.78, 5) is 0. The average molecular weight is 272 g/mol. The SMILES string of the molecule is C=C.CO[SiH](OC)OC.CO[SiH](OC)OC. The maximum absolute atomic E-state index is 4.74. The smallest absolute Gasteiger partial charge is 0.379 e. The van der Waals surface area contributed by atoms with Gasteiger partial charge < -0.3 is 26.6 Å². The highest BCUT2D eigenvalue weighted by Crippen LogP contribution is 1.81. The Labute approximate surface area is 102 Å². The third-order valence-corrected chi connectivity index (χ3v) is 3.46. The number of hydrogen-bond acceptors (Lipinski definition) is 6. The van der Waals surface area contributed by atoms with Gasteiger partial charge in [-0.05, 0) is 0 Å². The van der Waals surface area contributed by atoms with Crippen LogP contribution < -0.4 is 0 Å². The van der Waals surface area contributed by atoms with E-state index in [0.717, 1.165) is 0 Å². The van der Waals surface area contributed by atoms with Crippen molar-refractivity contribution in [3.05, 3.63) is 13.2 Å². The molecule has 0 N–H and O–H groups in total. The molecular weight excluding hydrogens is 248 g/mol. The van der Waals surface area contributed by atoms with Crippen LogP contribution in [0.5, 0.6) is 0 Å². The molecule has 0 radical (unpaired) electrons. The van der Waals surface area contributed by atoms with Crippen LogP contribution in [0.1, 0.15) is 0 Å². The minimum absolute atomic E-state index is 1.57. The summed E-state index contributed by atoms with van der Waals surface area (Å²) in [7, 11) is 6.10. The minimum atomic E-state index is -1.67. The molecule has 0 rings (SSSR count). The van der Waals surface area contributed by atoms with E-state index in [0.29, 0.717) is 0 Å². The van der Waals surface area contributed by atoms with Crippen molar-refractivity contribution in [2.45, 2.75) is 0 Å². The van der Waals surface area contributed by atoms with E-state index in [1.54, 1.807) is 42.7 Å². The van der Waals surface area contributed by atoms with E-state index in [9.17, 15) is 0 Å². The van der Waals surface area contributed by atoms with Crippen molar-refractivity contribution in [2.24, 2.45) is 0 Å². The predicted octanol–water partition coefficient (Wildman–Crippen LogP) is 0.0878. The Hall–Kier alpha value is -0.0662. The van der Waals surface area contributed by atoms with Crippen LogP contribution in [-0.4, -0.2) is 61.7 Å². The fraction of sp³-hybridized carbons (Fsp3) is 0.750. The molecular formula is C8H24O6Si2. The molecule has 0 heterocycles. The maximum Gasteiger partial charge on any atom is 0.483 e. The summed E-state index contributed by atoms with van der Waals surface area (Å²) in [6, 6.07) is 0. The Morgan fingerprint density at radius 1 is 0.500 bits per heavy atom. The van der Waals surface area contributed by atoms with Crippen molar-refractivity contribution in [3.8, 4) is 0 Å². The fourth-order valence-electron chi connectivity index (χ4n) is 0.577. The van der Waals surface area contributed by atoms with Gasteiger partial charge in [0, 0.05) is 42.7 Å². The van der Waals surface area contributed by atoms with Crippen molar-refractivity contribution in [2.75, 3.05) is 42.7 Å². The Kier molecular flexibility index (Phi) is 27.0. The molecule has 0 aliphatic heterocycles. The first kappa shape index (κ1) is 21.2. The normalized spacial score (nSPS) is 9.25. The Bertz CT molecular complexity index is 87.7. The molecule has 0 unspecified atom stereocenters. The van der Waals surface area contributed by atoms with Crippen LogP contribution in [0.2, 0.25) is 0 Å². The van der Waals surface area contributed by atoms with Gasteiger partial charge in [0.05, 0.1) is 0 Å². The third kappa shape index (κ3) is 16.4. The van der Waals surface area contributed by atoms with Crippen LogP contribution in [0.25, 0.3) is 0 Å².